The molecule has 0 saturated carbocycles. The number of nitrogens with zero attached hydrogens (tertiary/aromatic N) is 1. The second-order valence-corrected chi connectivity index (χ2v) is 6.43. The minimum atomic E-state index is 0.108. The second kappa shape index (κ2) is 6.19. The van der Waals surface area contributed by atoms with E-state index >= 15 is 0 Å². The molecule has 4 nitrogen and oxygen atoms in total. The predicted octanol–water partition coefficient (Wildman–Crippen LogP) is 2.76. The number of hydrogen-bond donors (Lipinski definition) is 0. The van der Waals surface area contributed by atoms with Gasteiger partial charge in [-0.1, -0.05) is 30.3 Å². The third kappa shape index (κ3) is 2.73. The summed E-state index contributed by atoms with van der Waals surface area (Å²) < 4.78 is 11.5. The fourth-order valence-corrected chi connectivity index (χ4v) is 3.50. The van der Waals surface area contributed by atoms with Crippen LogP contribution in [0.4, 0.5) is 0 Å². The van der Waals surface area contributed by atoms with E-state index in [2.05, 4.69) is 6.07 Å². The highest BCUT2D eigenvalue weighted by Crippen LogP contribution is 2.40. The first-order valence-corrected chi connectivity index (χ1v) is 8.43. The molecule has 24 heavy (non-hydrogen) atoms. The third-order valence-corrected chi connectivity index (χ3v) is 4.78. The van der Waals surface area contributed by atoms with Crippen molar-refractivity contribution in [3.63, 3.8) is 0 Å². The van der Waals surface area contributed by atoms with E-state index in [-0.39, 0.29) is 5.91 Å². The van der Waals surface area contributed by atoms with Gasteiger partial charge >= 0.3 is 0 Å². The number of fused-ring (bicyclic) bond motifs is 2. The number of carbonyl (C=O) groups excluding carboxylic acids is 1. The Labute approximate surface area is 142 Å². The molecule has 0 fully saturated rings. The molecule has 4 heteroatoms. The normalized spacial score (nSPS) is 14.5. The van der Waals surface area contributed by atoms with E-state index in [1.54, 1.807) is 4.90 Å². The maximum absolute atomic E-state index is 12.7. The molecule has 2 heterocycles. The van der Waals surface area contributed by atoms with Gasteiger partial charge in [-0.3, -0.25) is 4.79 Å². The lowest BCUT2D eigenvalue weighted by Crippen LogP contribution is -2.28. The molecule has 0 saturated heterocycles. The van der Waals surface area contributed by atoms with Crippen LogP contribution < -0.4 is 9.47 Å². The van der Waals surface area contributed by atoms with Crippen LogP contribution in [-0.4, -0.2) is 31.1 Å². The Morgan fingerprint density at radius 3 is 2.75 bits per heavy atom. The number of rotatable bonds is 4. The van der Waals surface area contributed by atoms with Gasteiger partial charge in [0.2, 0.25) is 5.91 Å². The van der Waals surface area contributed by atoms with Crippen molar-refractivity contribution in [3.05, 3.63) is 58.7 Å². The van der Waals surface area contributed by atoms with Gasteiger partial charge in [-0.2, -0.15) is 0 Å². The van der Waals surface area contributed by atoms with Crippen molar-refractivity contribution in [1.29, 1.82) is 0 Å². The zero-order chi connectivity index (χ0) is 16.5. The van der Waals surface area contributed by atoms with Crippen LogP contribution in [0.25, 0.3) is 0 Å². The molecule has 0 radical (unpaired) electrons. The highest BCUT2D eigenvalue weighted by atomic mass is 16.5. The number of benzene rings is 2. The van der Waals surface area contributed by atoms with Gasteiger partial charge in [-0.25, -0.2) is 0 Å². The maximum Gasteiger partial charge on any atom is 0.227 e. The molecule has 4 rings (SSSR count). The Morgan fingerprint density at radius 2 is 1.92 bits per heavy atom. The van der Waals surface area contributed by atoms with Crippen molar-refractivity contribution in [2.45, 2.75) is 25.8 Å². The molecule has 0 spiro atoms. The third-order valence-electron chi connectivity index (χ3n) is 4.78. The zero-order valence-corrected chi connectivity index (χ0v) is 13.9. The average Bonchev–Trinajstić information content (AvgIpc) is 3.24. The van der Waals surface area contributed by atoms with Gasteiger partial charge in [0.15, 0.2) is 0 Å². The molecular formula is C20H21NO3. The Kier molecular flexibility index (Phi) is 3.89. The van der Waals surface area contributed by atoms with E-state index < -0.39 is 0 Å². The van der Waals surface area contributed by atoms with Crippen LogP contribution in [0.3, 0.4) is 0 Å². The number of hydrogen-bond acceptors (Lipinski definition) is 3. The molecule has 1 amide bonds. The van der Waals surface area contributed by atoms with Crippen LogP contribution in [0.5, 0.6) is 11.5 Å². The largest absolute Gasteiger partial charge is 0.493 e. The summed E-state index contributed by atoms with van der Waals surface area (Å²) in [6, 6.07) is 12.1. The average molecular weight is 323 g/mol. The SMILES string of the molecule is CN(Cc1ccccc1)C(=O)Cc1c2c(cc3c1OCC3)OCC2. The summed E-state index contributed by atoms with van der Waals surface area (Å²) in [4.78, 5) is 14.5. The molecule has 0 unspecified atom stereocenters. The molecule has 2 aromatic rings. The number of carbonyl (C=O) groups is 1. The second-order valence-electron chi connectivity index (χ2n) is 6.43. The molecule has 0 N–H and O–H groups in total. The van der Waals surface area contributed by atoms with E-state index in [0.29, 0.717) is 26.2 Å². The Bertz CT molecular complexity index is 738. The molecular weight excluding hydrogens is 302 g/mol. The first-order chi connectivity index (χ1) is 11.7. The van der Waals surface area contributed by atoms with Crippen molar-refractivity contribution in [3.8, 4) is 11.5 Å². The van der Waals surface area contributed by atoms with E-state index in [1.807, 2.05) is 37.4 Å². The van der Waals surface area contributed by atoms with E-state index in [9.17, 15) is 4.79 Å². The monoisotopic (exact) mass is 323 g/mol. The quantitative estimate of drug-likeness (QED) is 0.868. The van der Waals surface area contributed by atoms with Gasteiger partial charge < -0.3 is 14.4 Å². The highest BCUT2D eigenvalue weighted by Gasteiger charge is 2.28. The van der Waals surface area contributed by atoms with E-state index in [1.165, 1.54) is 5.56 Å². The summed E-state index contributed by atoms with van der Waals surface area (Å²) in [5, 5.41) is 0. The van der Waals surface area contributed by atoms with Gasteiger partial charge in [0, 0.05) is 43.1 Å². The van der Waals surface area contributed by atoms with Gasteiger partial charge in [-0.15, -0.1) is 0 Å². The highest BCUT2D eigenvalue weighted by molar-refractivity contribution is 5.80. The molecule has 0 aromatic heterocycles. The summed E-state index contributed by atoms with van der Waals surface area (Å²) in [7, 11) is 1.86. The van der Waals surface area contributed by atoms with Crippen molar-refractivity contribution in [2.75, 3.05) is 20.3 Å². The summed E-state index contributed by atoms with van der Waals surface area (Å²) in [6.45, 7) is 2.01. The van der Waals surface area contributed by atoms with Crippen LogP contribution in [0.15, 0.2) is 36.4 Å². The standard InChI is InChI=1S/C20H21NO3/c1-21(13-14-5-3-2-4-6-14)19(22)12-17-16-8-10-23-18(16)11-15-7-9-24-20(15)17/h2-6,11H,7-10,12-13H2,1H3. The Balaban J connectivity index is 1.56. The molecule has 2 aliphatic rings. The fourth-order valence-electron chi connectivity index (χ4n) is 3.50. The first-order valence-electron chi connectivity index (χ1n) is 8.43. The Hall–Kier alpha value is -2.49. The minimum Gasteiger partial charge on any atom is -0.493 e. The molecule has 124 valence electrons. The van der Waals surface area contributed by atoms with Crippen molar-refractivity contribution in [2.24, 2.45) is 0 Å². The molecule has 0 atom stereocenters. The zero-order valence-electron chi connectivity index (χ0n) is 13.9. The number of likely N-dealkylation sites (N-methyl/N-ethyl adjacent to an activating group) is 1. The molecule has 2 aliphatic heterocycles. The van der Waals surface area contributed by atoms with Crippen LogP contribution in [0.2, 0.25) is 0 Å². The first kappa shape index (κ1) is 15.1. The number of amides is 1. The fraction of sp³-hybridized carbons (Fsp3) is 0.350. The lowest BCUT2D eigenvalue weighted by molar-refractivity contribution is -0.129. The lowest BCUT2D eigenvalue weighted by atomic mass is 9.97. The lowest BCUT2D eigenvalue weighted by Gasteiger charge is -2.19. The van der Waals surface area contributed by atoms with E-state index in [0.717, 1.165) is 41.0 Å². The van der Waals surface area contributed by atoms with Crippen LogP contribution >= 0.6 is 0 Å². The van der Waals surface area contributed by atoms with Gasteiger partial charge in [-0.05, 0) is 11.6 Å². The molecule has 0 bridgehead atoms. The van der Waals surface area contributed by atoms with Gasteiger partial charge in [0.25, 0.3) is 0 Å². The maximum atomic E-state index is 12.7. The van der Waals surface area contributed by atoms with Crippen LogP contribution in [-0.2, 0) is 30.6 Å². The van der Waals surface area contributed by atoms with E-state index in [4.69, 9.17) is 9.47 Å². The van der Waals surface area contributed by atoms with Crippen LogP contribution in [0.1, 0.15) is 22.3 Å². The Morgan fingerprint density at radius 1 is 1.12 bits per heavy atom. The summed E-state index contributed by atoms with van der Waals surface area (Å²) >= 11 is 0. The summed E-state index contributed by atoms with van der Waals surface area (Å²) in [6.07, 6.45) is 2.13. The number of ether oxygens (including phenoxy) is 2. The van der Waals surface area contributed by atoms with Crippen molar-refractivity contribution in [1.82, 2.24) is 4.90 Å². The van der Waals surface area contributed by atoms with Crippen molar-refractivity contribution < 1.29 is 14.3 Å². The van der Waals surface area contributed by atoms with Gasteiger partial charge in [0.05, 0.1) is 19.6 Å². The van der Waals surface area contributed by atoms with Crippen molar-refractivity contribution >= 4 is 5.91 Å². The molecule has 0 aliphatic carbocycles. The smallest absolute Gasteiger partial charge is 0.227 e. The summed E-state index contributed by atoms with van der Waals surface area (Å²) in [5.74, 6) is 1.96. The topological polar surface area (TPSA) is 38.8 Å². The summed E-state index contributed by atoms with van der Waals surface area (Å²) in [5.41, 5.74) is 4.49. The van der Waals surface area contributed by atoms with Gasteiger partial charge in [0.1, 0.15) is 11.5 Å². The van der Waals surface area contributed by atoms with Crippen LogP contribution in [0, 0.1) is 0 Å². The molecule has 2 aromatic carbocycles. The minimum absolute atomic E-state index is 0.108. The predicted molar refractivity (Wildman–Crippen MR) is 91.5 cm³/mol.